The Bertz CT molecular complexity index is 959. The van der Waals surface area contributed by atoms with Crippen LogP contribution in [0.3, 0.4) is 0 Å². The van der Waals surface area contributed by atoms with Crippen LogP contribution in [0.4, 0.5) is 11.5 Å². The van der Waals surface area contributed by atoms with Crippen molar-refractivity contribution < 1.29 is 19.1 Å². The maximum atomic E-state index is 12.6. The molecule has 1 aliphatic heterocycles. The summed E-state index contributed by atoms with van der Waals surface area (Å²) in [7, 11) is 2.87. The van der Waals surface area contributed by atoms with Gasteiger partial charge in [-0.1, -0.05) is 12.1 Å². The summed E-state index contributed by atoms with van der Waals surface area (Å²) in [6.45, 7) is 0.123. The zero-order valence-electron chi connectivity index (χ0n) is 14.8. The SMILES string of the molecule is COC(=O)c1ccccc1N1CC(C(=O)Nc2c(C#N)cnn2C)CC1=O. The van der Waals surface area contributed by atoms with Crippen LogP contribution in [0.1, 0.15) is 22.3 Å². The van der Waals surface area contributed by atoms with Crippen molar-refractivity contribution in [3.63, 3.8) is 0 Å². The predicted molar refractivity (Wildman–Crippen MR) is 94.8 cm³/mol. The van der Waals surface area contributed by atoms with Crippen LogP contribution in [0, 0.1) is 17.2 Å². The van der Waals surface area contributed by atoms with Gasteiger partial charge in [0.25, 0.3) is 0 Å². The number of amides is 2. The minimum atomic E-state index is -0.621. The lowest BCUT2D eigenvalue weighted by molar-refractivity contribution is -0.122. The molecule has 0 radical (unpaired) electrons. The first-order valence-corrected chi connectivity index (χ1v) is 8.17. The second kappa shape index (κ2) is 7.29. The Hall–Kier alpha value is -3.67. The van der Waals surface area contributed by atoms with Gasteiger partial charge in [0.2, 0.25) is 11.8 Å². The molecule has 1 fully saturated rings. The Labute approximate surface area is 155 Å². The molecule has 0 bridgehead atoms. The second-order valence-electron chi connectivity index (χ2n) is 6.05. The third-order valence-electron chi connectivity index (χ3n) is 4.40. The number of para-hydroxylation sites is 1. The van der Waals surface area contributed by atoms with Crippen LogP contribution in [0.5, 0.6) is 0 Å². The minimum absolute atomic E-state index is 0.00107. The average Bonchev–Trinajstić information content (AvgIpc) is 3.24. The van der Waals surface area contributed by atoms with Gasteiger partial charge in [0, 0.05) is 20.0 Å². The topological polar surface area (TPSA) is 117 Å². The number of hydrogen-bond acceptors (Lipinski definition) is 6. The highest BCUT2D eigenvalue weighted by molar-refractivity contribution is 6.07. The summed E-state index contributed by atoms with van der Waals surface area (Å²) in [5.41, 5.74) is 0.902. The maximum Gasteiger partial charge on any atom is 0.339 e. The van der Waals surface area contributed by atoms with E-state index < -0.39 is 11.9 Å². The molecule has 1 atom stereocenters. The number of carbonyl (C=O) groups is 3. The van der Waals surface area contributed by atoms with Crippen LogP contribution in [0.25, 0.3) is 0 Å². The molecule has 0 saturated carbocycles. The Morgan fingerprint density at radius 3 is 2.81 bits per heavy atom. The highest BCUT2D eigenvalue weighted by atomic mass is 16.5. The normalized spacial score (nSPS) is 16.1. The molecular formula is C18H17N5O4. The van der Waals surface area contributed by atoms with Crippen molar-refractivity contribution in [2.45, 2.75) is 6.42 Å². The Kier molecular flexibility index (Phi) is 4.90. The number of methoxy groups -OCH3 is 1. The first kappa shape index (κ1) is 18.1. The number of hydrogen-bond donors (Lipinski definition) is 1. The third kappa shape index (κ3) is 3.37. The van der Waals surface area contributed by atoms with Crippen molar-refractivity contribution in [1.29, 1.82) is 5.26 Å². The maximum absolute atomic E-state index is 12.6. The number of nitrogens with zero attached hydrogens (tertiary/aromatic N) is 4. The molecule has 1 aromatic carbocycles. The number of benzene rings is 1. The monoisotopic (exact) mass is 367 g/mol. The van der Waals surface area contributed by atoms with Gasteiger partial charge in [-0.25, -0.2) is 4.79 Å². The van der Waals surface area contributed by atoms with Crippen LogP contribution in [0.2, 0.25) is 0 Å². The number of anilines is 2. The Morgan fingerprint density at radius 1 is 1.37 bits per heavy atom. The Morgan fingerprint density at radius 2 is 2.11 bits per heavy atom. The summed E-state index contributed by atoms with van der Waals surface area (Å²) in [6.07, 6.45) is 1.36. The summed E-state index contributed by atoms with van der Waals surface area (Å²) in [5, 5.41) is 15.7. The number of aryl methyl sites for hydroxylation is 1. The van der Waals surface area contributed by atoms with E-state index in [9.17, 15) is 14.4 Å². The van der Waals surface area contributed by atoms with E-state index in [1.54, 1.807) is 31.3 Å². The van der Waals surface area contributed by atoms with E-state index in [1.807, 2.05) is 6.07 Å². The molecule has 9 nitrogen and oxygen atoms in total. The van der Waals surface area contributed by atoms with Crippen molar-refractivity contribution >= 4 is 29.3 Å². The van der Waals surface area contributed by atoms with E-state index in [-0.39, 0.29) is 41.7 Å². The van der Waals surface area contributed by atoms with Gasteiger partial charge in [0.1, 0.15) is 17.5 Å². The smallest absolute Gasteiger partial charge is 0.339 e. The molecule has 138 valence electrons. The largest absolute Gasteiger partial charge is 0.465 e. The molecule has 0 spiro atoms. The fourth-order valence-corrected chi connectivity index (χ4v) is 2.99. The first-order chi connectivity index (χ1) is 13.0. The number of nitrogens with one attached hydrogen (secondary N) is 1. The number of rotatable bonds is 4. The molecular weight excluding hydrogens is 350 g/mol. The molecule has 1 N–H and O–H groups in total. The van der Waals surface area contributed by atoms with Crippen LogP contribution in [-0.2, 0) is 21.4 Å². The first-order valence-electron chi connectivity index (χ1n) is 8.17. The highest BCUT2D eigenvalue weighted by Crippen LogP contribution is 2.29. The van der Waals surface area contributed by atoms with Gasteiger partial charge in [-0.3, -0.25) is 14.3 Å². The van der Waals surface area contributed by atoms with E-state index in [0.717, 1.165) is 0 Å². The zero-order chi connectivity index (χ0) is 19.6. The van der Waals surface area contributed by atoms with Gasteiger partial charge in [-0.15, -0.1) is 0 Å². The minimum Gasteiger partial charge on any atom is -0.465 e. The highest BCUT2D eigenvalue weighted by Gasteiger charge is 2.37. The van der Waals surface area contributed by atoms with Gasteiger partial charge in [-0.05, 0) is 12.1 Å². The summed E-state index contributed by atoms with van der Waals surface area (Å²) in [6, 6.07) is 8.54. The molecule has 1 saturated heterocycles. The molecule has 2 aromatic rings. The van der Waals surface area contributed by atoms with Crippen LogP contribution in [0.15, 0.2) is 30.5 Å². The van der Waals surface area contributed by atoms with Crippen molar-refractivity contribution in [2.24, 2.45) is 13.0 Å². The lowest BCUT2D eigenvalue weighted by Gasteiger charge is -2.19. The molecule has 0 aliphatic carbocycles. The number of nitriles is 1. The predicted octanol–water partition coefficient (Wildman–Crippen LogP) is 1.07. The molecule has 2 amide bonds. The second-order valence-corrected chi connectivity index (χ2v) is 6.05. The van der Waals surface area contributed by atoms with E-state index >= 15 is 0 Å². The molecule has 27 heavy (non-hydrogen) atoms. The molecule has 3 rings (SSSR count). The Balaban J connectivity index is 1.80. The lowest BCUT2D eigenvalue weighted by atomic mass is 10.1. The van der Waals surface area contributed by atoms with Gasteiger partial charge in [0.05, 0.1) is 30.5 Å². The van der Waals surface area contributed by atoms with Crippen molar-refractivity contribution in [3.8, 4) is 6.07 Å². The van der Waals surface area contributed by atoms with Gasteiger partial charge < -0.3 is 15.0 Å². The third-order valence-corrected chi connectivity index (χ3v) is 4.40. The number of ether oxygens (including phenoxy) is 1. The standard InChI is InChI=1S/C18H17N5O4/c1-22-16(12(8-19)9-20-22)21-17(25)11-7-15(24)23(10-11)14-6-4-3-5-13(14)18(26)27-2/h3-6,9,11H,7,10H2,1-2H3,(H,21,25). The summed E-state index contributed by atoms with van der Waals surface area (Å²) >= 11 is 0. The van der Waals surface area contributed by atoms with E-state index in [2.05, 4.69) is 10.4 Å². The zero-order valence-corrected chi connectivity index (χ0v) is 14.8. The molecule has 1 aliphatic rings. The van der Waals surface area contributed by atoms with E-state index in [0.29, 0.717) is 5.69 Å². The fraction of sp³-hybridized carbons (Fsp3) is 0.278. The van der Waals surface area contributed by atoms with Crippen molar-refractivity contribution in [1.82, 2.24) is 9.78 Å². The van der Waals surface area contributed by atoms with Crippen LogP contribution in [-0.4, -0.2) is 41.2 Å². The number of carbonyl (C=O) groups excluding carboxylic acids is 3. The summed E-state index contributed by atoms with van der Waals surface area (Å²) in [4.78, 5) is 38.4. The number of aromatic nitrogens is 2. The molecule has 2 heterocycles. The van der Waals surface area contributed by atoms with Crippen molar-refractivity contribution in [3.05, 3.63) is 41.6 Å². The van der Waals surface area contributed by atoms with Crippen molar-refractivity contribution in [2.75, 3.05) is 23.9 Å². The fourth-order valence-electron chi connectivity index (χ4n) is 2.99. The molecule has 1 aromatic heterocycles. The van der Waals surface area contributed by atoms with Crippen LogP contribution >= 0.6 is 0 Å². The molecule has 1 unspecified atom stereocenters. The summed E-state index contributed by atoms with van der Waals surface area (Å²) in [5.74, 6) is -1.55. The van der Waals surface area contributed by atoms with E-state index in [4.69, 9.17) is 10.00 Å². The van der Waals surface area contributed by atoms with Gasteiger partial charge in [0.15, 0.2) is 0 Å². The van der Waals surface area contributed by atoms with E-state index in [1.165, 1.54) is 22.9 Å². The number of esters is 1. The lowest BCUT2D eigenvalue weighted by Crippen LogP contribution is -2.29. The van der Waals surface area contributed by atoms with Gasteiger partial charge in [-0.2, -0.15) is 10.4 Å². The summed E-state index contributed by atoms with van der Waals surface area (Å²) < 4.78 is 6.14. The van der Waals surface area contributed by atoms with Crippen LogP contribution < -0.4 is 10.2 Å². The molecule has 9 heteroatoms. The quantitative estimate of drug-likeness (QED) is 0.808. The van der Waals surface area contributed by atoms with Gasteiger partial charge >= 0.3 is 5.97 Å². The average molecular weight is 367 g/mol.